The van der Waals surface area contributed by atoms with Crippen LogP contribution in [0.2, 0.25) is 0 Å². The van der Waals surface area contributed by atoms with E-state index in [9.17, 15) is 22.0 Å². The highest BCUT2D eigenvalue weighted by atomic mass is 32.2. The SMILES string of the molecule is COc1cc(-c2cc(F)cc(F)c2)c(F)cc1-n1c2c(ccc1=O)C(C)C(S(=O)(=O)Nc1ccon1)CC2. The van der Waals surface area contributed by atoms with Crippen LogP contribution in [0.1, 0.15) is 30.5 Å². The average Bonchev–Trinajstić information content (AvgIpc) is 3.35. The number of sulfonamides is 1. The maximum Gasteiger partial charge on any atom is 0.255 e. The van der Waals surface area contributed by atoms with Gasteiger partial charge in [0.15, 0.2) is 5.82 Å². The lowest BCUT2D eigenvalue weighted by Crippen LogP contribution is -2.38. The van der Waals surface area contributed by atoms with E-state index in [0.717, 1.165) is 18.2 Å². The van der Waals surface area contributed by atoms with E-state index >= 15 is 4.39 Å². The number of halogens is 3. The maximum atomic E-state index is 15.3. The summed E-state index contributed by atoms with van der Waals surface area (Å²) < 4.78 is 82.9. The summed E-state index contributed by atoms with van der Waals surface area (Å²) in [6, 6.07) is 9.24. The zero-order chi connectivity index (χ0) is 27.2. The highest BCUT2D eigenvalue weighted by molar-refractivity contribution is 7.93. The summed E-state index contributed by atoms with van der Waals surface area (Å²) in [4.78, 5) is 13.0. The number of hydrogen-bond donors (Lipinski definition) is 1. The lowest BCUT2D eigenvalue weighted by molar-refractivity contribution is 0.410. The fraction of sp³-hybridized carbons (Fsp3) is 0.231. The standard InChI is InChI=1S/C26H22F3N3O5S/c1-14-18-3-6-26(33)32(21(18)4-5-24(14)38(34,35)31-25-7-8-37-30-25)22-13-20(29)19(12-23(22)36-2)15-9-16(27)11-17(28)10-15/h3,6-14,24H,4-5H2,1-2H3,(H,30,31). The van der Waals surface area contributed by atoms with Crippen LogP contribution in [-0.2, 0) is 16.4 Å². The number of fused-ring (bicyclic) bond motifs is 1. The zero-order valence-corrected chi connectivity index (χ0v) is 21.1. The molecule has 0 spiro atoms. The number of hydrogen-bond acceptors (Lipinski definition) is 6. The lowest BCUT2D eigenvalue weighted by atomic mass is 9.86. The van der Waals surface area contributed by atoms with E-state index in [-0.39, 0.29) is 41.2 Å². The van der Waals surface area contributed by atoms with Gasteiger partial charge in [0.1, 0.15) is 29.5 Å². The Hall–Kier alpha value is -4.06. The molecule has 2 heterocycles. The van der Waals surface area contributed by atoms with Gasteiger partial charge in [-0.1, -0.05) is 18.1 Å². The first-order valence-corrected chi connectivity index (χ1v) is 13.1. The number of nitrogens with one attached hydrogen (secondary N) is 1. The highest BCUT2D eigenvalue weighted by Gasteiger charge is 2.38. The number of benzene rings is 2. The first-order valence-electron chi connectivity index (χ1n) is 11.6. The Morgan fingerprint density at radius 3 is 2.47 bits per heavy atom. The number of rotatable bonds is 6. The average molecular weight is 546 g/mol. The van der Waals surface area contributed by atoms with Crippen molar-refractivity contribution in [1.82, 2.24) is 9.72 Å². The summed E-state index contributed by atoms with van der Waals surface area (Å²) in [7, 11) is -2.53. The summed E-state index contributed by atoms with van der Waals surface area (Å²) in [5.74, 6) is -2.93. The number of aromatic nitrogens is 2. The Bertz CT molecular complexity index is 1670. The summed E-state index contributed by atoms with van der Waals surface area (Å²) in [5, 5.41) is 2.76. The Morgan fingerprint density at radius 1 is 1.08 bits per heavy atom. The van der Waals surface area contributed by atoms with E-state index < -0.39 is 44.2 Å². The van der Waals surface area contributed by atoms with Gasteiger partial charge in [0.2, 0.25) is 10.0 Å². The molecule has 0 aliphatic heterocycles. The van der Waals surface area contributed by atoms with Crippen molar-refractivity contribution in [2.24, 2.45) is 0 Å². The van der Waals surface area contributed by atoms with Crippen molar-refractivity contribution in [3.05, 3.63) is 93.9 Å². The zero-order valence-electron chi connectivity index (χ0n) is 20.2. The minimum atomic E-state index is -3.85. The molecule has 0 amide bonds. The predicted molar refractivity (Wildman–Crippen MR) is 133 cm³/mol. The highest BCUT2D eigenvalue weighted by Crippen LogP contribution is 2.38. The summed E-state index contributed by atoms with van der Waals surface area (Å²) >= 11 is 0. The normalized spacial score (nSPS) is 17.2. The van der Waals surface area contributed by atoms with Gasteiger partial charge in [0.05, 0.1) is 18.0 Å². The van der Waals surface area contributed by atoms with Crippen LogP contribution in [0.4, 0.5) is 19.0 Å². The first kappa shape index (κ1) is 25.6. The van der Waals surface area contributed by atoms with E-state index in [1.165, 1.54) is 36.1 Å². The van der Waals surface area contributed by atoms with E-state index in [0.29, 0.717) is 17.3 Å². The molecule has 0 radical (unpaired) electrons. The van der Waals surface area contributed by atoms with Crippen molar-refractivity contribution in [2.75, 3.05) is 11.8 Å². The van der Waals surface area contributed by atoms with Gasteiger partial charge in [-0.25, -0.2) is 21.6 Å². The van der Waals surface area contributed by atoms with Crippen molar-refractivity contribution >= 4 is 15.8 Å². The fourth-order valence-corrected chi connectivity index (χ4v) is 6.64. The molecule has 4 aromatic rings. The molecule has 5 rings (SSSR count). The number of nitrogens with zero attached hydrogens (tertiary/aromatic N) is 2. The Morgan fingerprint density at radius 2 is 1.82 bits per heavy atom. The van der Waals surface area contributed by atoms with Crippen molar-refractivity contribution in [3.8, 4) is 22.6 Å². The number of methoxy groups -OCH3 is 1. The third-order valence-corrected chi connectivity index (χ3v) is 8.64. The summed E-state index contributed by atoms with van der Waals surface area (Å²) in [5.41, 5.74) is 0.584. The van der Waals surface area contributed by atoms with E-state index in [1.54, 1.807) is 13.0 Å². The quantitative estimate of drug-likeness (QED) is 0.374. The van der Waals surface area contributed by atoms with Gasteiger partial charge < -0.3 is 9.26 Å². The molecular weight excluding hydrogens is 523 g/mol. The molecule has 0 saturated carbocycles. The molecule has 0 bridgehead atoms. The smallest absolute Gasteiger partial charge is 0.255 e. The Kier molecular flexibility index (Phi) is 6.51. The lowest BCUT2D eigenvalue weighted by Gasteiger charge is -2.32. The molecule has 2 atom stereocenters. The second-order valence-corrected chi connectivity index (χ2v) is 10.9. The summed E-state index contributed by atoms with van der Waals surface area (Å²) in [6.45, 7) is 1.74. The third-order valence-electron chi connectivity index (χ3n) is 6.71. The number of ether oxygens (including phenoxy) is 1. The molecule has 2 unspecified atom stereocenters. The van der Waals surface area contributed by atoms with Crippen LogP contribution < -0.4 is 15.0 Å². The molecule has 2 aromatic heterocycles. The third kappa shape index (κ3) is 4.55. The van der Waals surface area contributed by atoms with Crippen LogP contribution in [-0.4, -0.2) is 30.5 Å². The van der Waals surface area contributed by atoms with Crippen LogP contribution in [0.3, 0.4) is 0 Å². The Balaban J connectivity index is 1.59. The topological polar surface area (TPSA) is 103 Å². The maximum absolute atomic E-state index is 15.3. The van der Waals surface area contributed by atoms with E-state index in [1.807, 2.05) is 0 Å². The summed E-state index contributed by atoms with van der Waals surface area (Å²) in [6.07, 6.45) is 1.62. The van der Waals surface area contributed by atoms with Crippen LogP contribution in [0.25, 0.3) is 16.8 Å². The second kappa shape index (κ2) is 9.67. The number of pyridine rings is 1. The molecule has 12 heteroatoms. The van der Waals surface area contributed by atoms with Gasteiger partial charge in [0, 0.05) is 41.4 Å². The molecule has 2 aromatic carbocycles. The van der Waals surface area contributed by atoms with Gasteiger partial charge in [-0.2, -0.15) is 0 Å². The number of anilines is 1. The predicted octanol–water partition coefficient (Wildman–Crippen LogP) is 4.78. The van der Waals surface area contributed by atoms with Crippen LogP contribution in [0.5, 0.6) is 5.75 Å². The molecule has 8 nitrogen and oxygen atoms in total. The first-order chi connectivity index (χ1) is 18.1. The molecule has 0 saturated heterocycles. The molecular formula is C26H22F3N3O5S. The van der Waals surface area contributed by atoms with E-state index in [4.69, 9.17) is 9.26 Å². The van der Waals surface area contributed by atoms with Gasteiger partial charge in [-0.3, -0.25) is 14.1 Å². The minimum absolute atomic E-state index is 0.0337. The molecule has 38 heavy (non-hydrogen) atoms. The van der Waals surface area contributed by atoms with Gasteiger partial charge >= 0.3 is 0 Å². The van der Waals surface area contributed by atoms with Crippen molar-refractivity contribution < 1.29 is 30.8 Å². The Labute approximate surface area is 215 Å². The van der Waals surface area contributed by atoms with Gasteiger partial charge in [-0.05, 0) is 42.2 Å². The monoisotopic (exact) mass is 545 g/mol. The van der Waals surface area contributed by atoms with Crippen LogP contribution in [0.15, 0.2) is 64.1 Å². The fourth-order valence-electron chi connectivity index (χ4n) is 4.98. The van der Waals surface area contributed by atoms with Crippen molar-refractivity contribution in [3.63, 3.8) is 0 Å². The van der Waals surface area contributed by atoms with Gasteiger partial charge in [-0.15, -0.1) is 0 Å². The van der Waals surface area contributed by atoms with Gasteiger partial charge in [0.25, 0.3) is 5.56 Å². The largest absolute Gasteiger partial charge is 0.495 e. The van der Waals surface area contributed by atoms with Crippen molar-refractivity contribution in [2.45, 2.75) is 30.9 Å². The minimum Gasteiger partial charge on any atom is -0.495 e. The van der Waals surface area contributed by atoms with Crippen LogP contribution >= 0.6 is 0 Å². The molecule has 1 N–H and O–H groups in total. The molecule has 198 valence electrons. The molecule has 1 aliphatic rings. The van der Waals surface area contributed by atoms with Crippen molar-refractivity contribution in [1.29, 1.82) is 0 Å². The molecule has 0 fully saturated rings. The van der Waals surface area contributed by atoms with E-state index in [2.05, 4.69) is 9.88 Å². The second-order valence-electron chi connectivity index (χ2n) is 8.97. The van der Waals surface area contributed by atoms with Crippen LogP contribution in [0, 0.1) is 17.5 Å². The molecule has 1 aliphatic carbocycles.